The molecule has 0 aromatic heterocycles. The van der Waals surface area contributed by atoms with Crippen molar-refractivity contribution in [3.63, 3.8) is 0 Å². The van der Waals surface area contributed by atoms with Crippen LogP contribution in [0.2, 0.25) is 0 Å². The first-order valence-corrected chi connectivity index (χ1v) is 3.17. The van der Waals surface area contributed by atoms with E-state index in [1.54, 1.807) is 0 Å². The Balaban J connectivity index is 0.000000291. The van der Waals surface area contributed by atoms with E-state index >= 15 is 0 Å². The van der Waals surface area contributed by atoms with Gasteiger partial charge >= 0.3 is 0 Å². The second-order valence-electron chi connectivity index (χ2n) is 1.59. The van der Waals surface area contributed by atoms with Crippen LogP contribution in [0.3, 0.4) is 0 Å². The molecule has 0 amide bonds. The monoisotopic (exact) mass is 131 g/mol. The van der Waals surface area contributed by atoms with Crippen molar-refractivity contribution in [2.24, 2.45) is 5.73 Å². The molecule has 1 heterocycles. The summed E-state index contributed by atoms with van der Waals surface area (Å²) in [6.45, 7) is 4.61. The average Bonchev–Trinajstić information content (AvgIpc) is 2.23. The van der Waals surface area contributed by atoms with Crippen LogP contribution in [0.25, 0.3) is 0 Å². The molecule has 1 saturated heterocycles. The van der Waals surface area contributed by atoms with E-state index in [9.17, 15) is 4.79 Å². The lowest BCUT2D eigenvalue weighted by Crippen LogP contribution is -2.27. The van der Waals surface area contributed by atoms with Crippen LogP contribution in [0.1, 0.15) is 13.8 Å². The van der Waals surface area contributed by atoms with E-state index in [0.29, 0.717) is 6.61 Å². The Bertz CT molecular complexity index is 93.1. The molecule has 54 valence electrons. The number of carbonyl (C=O) groups excluding carboxylic acids is 1. The summed E-state index contributed by atoms with van der Waals surface area (Å²) in [5.74, 6) is 0.0139. The first kappa shape index (κ1) is 8.59. The average molecular weight is 131 g/mol. The van der Waals surface area contributed by atoms with Crippen molar-refractivity contribution in [2.45, 2.75) is 19.9 Å². The third kappa shape index (κ3) is 2.58. The highest BCUT2D eigenvalue weighted by molar-refractivity contribution is 5.86. The van der Waals surface area contributed by atoms with Gasteiger partial charge in [-0.15, -0.1) is 0 Å². The van der Waals surface area contributed by atoms with Crippen molar-refractivity contribution in [3.05, 3.63) is 0 Å². The van der Waals surface area contributed by atoms with E-state index in [2.05, 4.69) is 0 Å². The molecule has 1 fully saturated rings. The molecule has 2 N–H and O–H groups in total. The van der Waals surface area contributed by atoms with Crippen LogP contribution in [0.5, 0.6) is 0 Å². The smallest absolute Gasteiger partial charge is 0.177 e. The summed E-state index contributed by atoms with van der Waals surface area (Å²) in [5.41, 5.74) is 5.20. The van der Waals surface area contributed by atoms with Crippen LogP contribution in [0, 0.1) is 0 Å². The summed E-state index contributed by atoms with van der Waals surface area (Å²) in [6.07, 6.45) is 0. The van der Waals surface area contributed by atoms with Crippen LogP contribution >= 0.6 is 0 Å². The number of hydrogen-bond acceptors (Lipinski definition) is 3. The minimum absolute atomic E-state index is 0.0139. The zero-order valence-corrected chi connectivity index (χ0v) is 5.89. The van der Waals surface area contributed by atoms with Gasteiger partial charge in [0, 0.05) is 0 Å². The van der Waals surface area contributed by atoms with Gasteiger partial charge in [-0.1, -0.05) is 13.8 Å². The predicted octanol–water partition coefficient (Wildman–Crippen LogP) is -0.0608. The third-order valence-electron chi connectivity index (χ3n) is 0.955. The van der Waals surface area contributed by atoms with Gasteiger partial charge in [-0.25, -0.2) is 0 Å². The van der Waals surface area contributed by atoms with Gasteiger partial charge in [0.25, 0.3) is 0 Å². The van der Waals surface area contributed by atoms with Crippen molar-refractivity contribution in [1.29, 1.82) is 0 Å². The Labute approximate surface area is 55.2 Å². The molecule has 0 aromatic rings. The molecule has 1 unspecified atom stereocenters. The summed E-state index contributed by atoms with van der Waals surface area (Å²) in [7, 11) is 0. The van der Waals surface area contributed by atoms with E-state index in [4.69, 9.17) is 10.5 Å². The highest BCUT2D eigenvalue weighted by atomic mass is 16.5. The number of rotatable bonds is 0. The Morgan fingerprint density at radius 2 is 2.22 bits per heavy atom. The number of nitrogens with two attached hydrogens (primary N) is 1. The lowest BCUT2D eigenvalue weighted by atomic mass is 10.3. The molecule has 0 saturated carbocycles. The fourth-order valence-corrected chi connectivity index (χ4v) is 0.486. The molecule has 1 aliphatic rings. The van der Waals surface area contributed by atoms with Gasteiger partial charge in [0.05, 0.1) is 12.6 Å². The number of carbonyl (C=O) groups is 1. The number of ketones is 1. The van der Waals surface area contributed by atoms with Crippen molar-refractivity contribution in [2.75, 3.05) is 13.2 Å². The maximum absolute atomic E-state index is 10.3. The van der Waals surface area contributed by atoms with Gasteiger partial charge in [0.1, 0.15) is 6.61 Å². The number of ether oxygens (including phenoxy) is 1. The van der Waals surface area contributed by atoms with E-state index in [1.165, 1.54) is 0 Å². The highest BCUT2D eigenvalue weighted by Crippen LogP contribution is 1.93. The largest absolute Gasteiger partial charge is 0.372 e. The van der Waals surface area contributed by atoms with Gasteiger partial charge in [-0.2, -0.15) is 0 Å². The second-order valence-corrected chi connectivity index (χ2v) is 1.59. The summed E-state index contributed by atoms with van der Waals surface area (Å²) in [4.78, 5) is 10.3. The normalized spacial score (nSPS) is 25.2. The van der Waals surface area contributed by atoms with E-state index in [0.717, 1.165) is 0 Å². The lowest BCUT2D eigenvalue weighted by molar-refractivity contribution is -0.118. The molecule has 1 rings (SSSR count). The Kier molecular flexibility index (Phi) is 4.26. The zero-order valence-electron chi connectivity index (χ0n) is 5.89. The molecule has 9 heavy (non-hydrogen) atoms. The minimum Gasteiger partial charge on any atom is -0.372 e. The molecule has 1 atom stereocenters. The maximum atomic E-state index is 10.3. The highest BCUT2D eigenvalue weighted by Gasteiger charge is 2.19. The maximum Gasteiger partial charge on any atom is 0.177 e. The molecule has 0 radical (unpaired) electrons. The first-order valence-electron chi connectivity index (χ1n) is 3.17. The predicted molar refractivity (Wildman–Crippen MR) is 35.1 cm³/mol. The van der Waals surface area contributed by atoms with E-state index in [-0.39, 0.29) is 18.4 Å². The lowest BCUT2D eigenvalue weighted by Gasteiger charge is -1.89. The van der Waals surface area contributed by atoms with Crippen LogP contribution in [0.4, 0.5) is 0 Å². The zero-order chi connectivity index (χ0) is 7.28. The van der Waals surface area contributed by atoms with Crippen LogP contribution in [-0.2, 0) is 9.53 Å². The summed E-state index contributed by atoms with van der Waals surface area (Å²) >= 11 is 0. The SMILES string of the molecule is CC.NC1COCC1=O. The molecule has 0 aromatic carbocycles. The topological polar surface area (TPSA) is 52.3 Å². The molecule has 0 aliphatic carbocycles. The Morgan fingerprint density at radius 3 is 2.33 bits per heavy atom. The van der Waals surface area contributed by atoms with Crippen LogP contribution in [-0.4, -0.2) is 25.0 Å². The summed E-state index contributed by atoms with van der Waals surface area (Å²) in [5, 5.41) is 0. The molecule has 1 aliphatic heterocycles. The van der Waals surface area contributed by atoms with Gasteiger partial charge in [0.2, 0.25) is 0 Å². The fraction of sp³-hybridized carbons (Fsp3) is 0.833. The molecule has 3 nitrogen and oxygen atoms in total. The third-order valence-corrected chi connectivity index (χ3v) is 0.955. The second kappa shape index (κ2) is 4.47. The standard InChI is InChI=1S/C4H7NO2.C2H6/c5-3-1-7-2-4(3)6;1-2/h3H,1-2,5H2;1-2H3. The van der Waals surface area contributed by atoms with Crippen molar-refractivity contribution in [3.8, 4) is 0 Å². The van der Waals surface area contributed by atoms with E-state index in [1.807, 2.05) is 13.8 Å². The van der Waals surface area contributed by atoms with Crippen LogP contribution in [0.15, 0.2) is 0 Å². The molecule has 3 heteroatoms. The Morgan fingerprint density at radius 1 is 1.67 bits per heavy atom. The summed E-state index contributed by atoms with van der Waals surface area (Å²) in [6, 6.07) is -0.347. The summed E-state index contributed by atoms with van der Waals surface area (Å²) < 4.78 is 4.69. The fourth-order valence-electron chi connectivity index (χ4n) is 0.486. The van der Waals surface area contributed by atoms with Gasteiger partial charge in [-0.3, -0.25) is 4.79 Å². The van der Waals surface area contributed by atoms with Crippen molar-refractivity contribution < 1.29 is 9.53 Å². The van der Waals surface area contributed by atoms with E-state index < -0.39 is 0 Å². The number of hydrogen-bond donors (Lipinski definition) is 1. The quantitative estimate of drug-likeness (QED) is 0.501. The van der Waals surface area contributed by atoms with Crippen molar-refractivity contribution >= 4 is 5.78 Å². The minimum atomic E-state index is -0.347. The van der Waals surface area contributed by atoms with Gasteiger partial charge in [0.15, 0.2) is 5.78 Å². The molecule has 0 spiro atoms. The first-order chi connectivity index (χ1) is 4.30. The molecular weight excluding hydrogens is 118 g/mol. The van der Waals surface area contributed by atoms with Crippen molar-refractivity contribution in [1.82, 2.24) is 0 Å². The van der Waals surface area contributed by atoms with Gasteiger partial charge in [-0.05, 0) is 0 Å². The number of Topliss-reactive ketones (excluding diaryl/α,β-unsaturated/α-hetero) is 1. The molecular formula is C6H13NO2. The Hall–Kier alpha value is -0.410. The van der Waals surface area contributed by atoms with Crippen LogP contribution < -0.4 is 5.73 Å². The molecule has 0 bridgehead atoms. The van der Waals surface area contributed by atoms with Gasteiger partial charge < -0.3 is 10.5 Å².